The zero-order chi connectivity index (χ0) is 16.6. The number of rotatable bonds is 3. The number of methoxy groups -OCH3 is 1. The minimum atomic E-state index is 0.215. The van der Waals surface area contributed by atoms with Gasteiger partial charge in [-0.25, -0.2) is 0 Å². The van der Waals surface area contributed by atoms with Gasteiger partial charge in [0.2, 0.25) is 5.91 Å². The highest BCUT2D eigenvalue weighted by molar-refractivity contribution is 5.74. The molecule has 23 heavy (non-hydrogen) atoms. The van der Waals surface area contributed by atoms with Crippen LogP contribution in [0.4, 0.5) is 5.69 Å². The number of hydrogen-bond donors (Lipinski definition) is 0. The third-order valence-corrected chi connectivity index (χ3v) is 5.53. The van der Waals surface area contributed by atoms with E-state index in [1.54, 1.807) is 14.0 Å². The van der Waals surface area contributed by atoms with Crippen molar-refractivity contribution in [2.75, 3.05) is 38.2 Å². The molecule has 0 saturated carbocycles. The van der Waals surface area contributed by atoms with Crippen molar-refractivity contribution in [1.82, 2.24) is 4.90 Å². The van der Waals surface area contributed by atoms with Gasteiger partial charge in [0.15, 0.2) is 0 Å². The first-order valence-corrected chi connectivity index (χ1v) is 8.62. The first-order chi connectivity index (χ1) is 10.9. The van der Waals surface area contributed by atoms with E-state index < -0.39 is 0 Å². The number of carbonyl (C=O) groups excluding carboxylic acids is 1. The Morgan fingerprint density at radius 1 is 1.22 bits per heavy atom. The summed E-state index contributed by atoms with van der Waals surface area (Å²) in [6.07, 6.45) is 2.34. The van der Waals surface area contributed by atoms with E-state index in [0.717, 1.165) is 31.9 Å². The monoisotopic (exact) mass is 316 g/mol. The quantitative estimate of drug-likeness (QED) is 0.858. The molecule has 1 aromatic rings. The molecule has 1 amide bonds. The van der Waals surface area contributed by atoms with Crippen LogP contribution in [-0.4, -0.2) is 44.1 Å². The van der Waals surface area contributed by atoms with Gasteiger partial charge in [-0.2, -0.15) is 0 Å². The Hall–Kier alpha value is -1.71. The van der Waals surface area contributed by atoms with Crippen molar-refractivity contribution in [1.29, 1.82) is 0 Å². The van der Waals surface area contributed by atoms with Crippen molar-refractivity contribution >= 4 is 11.6 Å². The molecule has 0 bridgehead atoms. The van der Waals surface area contributed by atoms with Gasteiger partial charge in [0.05, 0.1) is 7.11 Å². The van der Waals surface area contributed by atoms with E-state index >= 15 is 0 Å². The van der Waals surface area contributed by atoms with E-state index in [9.17, 15) is 4.79 Å². The lowest BCUT2D eigenvalue weighted by atomic mass is 9.72. The number of ether oxygens (including phenoxy) is 1. The third-order valence-electron chi connectivity index (χ3n) is 5.53. The van der Waals surface area contributed by atoms with Crippen molar-refractivity contribution in [3.05, 3.63) is 23.8 Å². The lowest BCUT2D eigenvalue weighted by molar-refractivity contribution is -0.142. The largest absolute Gasteiger partial charge is 0.496 e. The van der Waals surface area contributed by atoms with Gasteiger partial charge in [0.25, 0.3) is 0 Å². The molecule has 0 atom stereocenters. The van der Waals surface area contributed by atoms with Gasteiger partial charge in [0, 0.05) is 50.3 Å². The molecule has 0 aliphatic carbocycles. The minimum absolute atomic E-state index is 0.215. The Bertz CT molecular complexity index is 581. The van der Waals surface area contributed by atoms with Crippen LogP contribution in [0.1, 0.15) is 45.1 Å². The van der Waals surface area contributed by atoms with Crippen LogP contribution in [0.15, 0.2) is 18.2 Å². The summed E-state index contributed by atoms with van der Waals surface area (Å²) in [6.45, 7) is 10.1. The van der Waals surface area contributed by atoms with Crippen molar-refractivity contribution in [3.63, 3.8) is 0 Å². The van der Waals surface area contributed by atoms with Crippen molar-refractivity contribution in [2.45, 2.75) is 39.5 Å². The van der Waals surface area contributed by atoms with Gasteiger partial charge in [-0.15, -0.1) is 0 Å². The second-order valence-electron chi connectivity index (χ2n) is 7.44. The highest BCUT2D eigenvalue weighted by atomic mass is 16.5. The molecule has 0 radical (unpaired) electrons. The van der Waals surface area contributed by atoms with Gasteiger partial charge < -0.3 is 14.5 Å². The van der Waals surface area contributed by atoms with Gasteiger partial charge in [-0.05, 0) is 30.4 Å². The van der Waals surface area contributed by atoms with Crippen LogP contribution in [-0.2, 0) is 4.79 Å². The molecular weight excluding hydrogens is 288 g/mol. The van der Waals surface area contributed by atoms with Crippen molar-refractivity contribution < 1.29 is 9.53 Å². The Morgan fingerprint density at radius 3 is 2.39 bits per heavy atom. The maximum absolute atomic E-state index is 11.4. The fourth-order valence-corrected chi connectivity index (χ4v) is 3.92. The maximum atomic E-state index is 11.4. The van der Waals surface area contributed by atoms with E-state index in [4.69, 9.17) is 4.74 Å². The van der Waals surface area contributed by atoms with Crippen LogP contribution in [0, 0.1) is 5.41 Å². The van der Waals surface area contributed by atoms with Crippen LogP contribution in [0.2, 0.25) is 0 Å². The molecule has 4 heteroatoms. The second-order valence-corrected chi connectivity index (χ2v) is 7.44. The first kappa shape index (κ1) is 16.2. The fraction of sp³-hybridized carbons (Fsp3) is 0.632. The summed E-state index contributed by atoms with van der Waals surface area (Å²) in [4.78, 5) is 15.8. The summed E-state index contributed by atoms with van der Waals surface area (Å²) in [5.74, 6) is 1.67. The van der Waals surface area contributed by atoms with Gasteiger partial charge in [-0.1, -0.05) is 19.9 Å². The predicted octanol–water partition coefficient (Wildman–Crippen LogP) is 3.27. The predicted molar refractivity (Wildman–Crippen MR) is 93.2 cm³/mol. The first-order valence-electron chi connectivity index (χ1n) is 8.62. The van der Waals surface area contributed by atoms with Crippen molar-refractivity contribution in [2.24, 2.45) is 5.41 Å². The molecule has 2 fully saturated rings. The zero-order valence-corrected chi connectivity index (χ0v) is 14.8. The standard InChI is InChI=1S/C19H28N2O2/c1-14(2)17-6-5-16(11-18(17)23-4)20-9-7-19(8-10-20)12-21(13-19)15(3)22/h5-6,11,14H,7-10,12-13H2,1-4H3. The molecule has 0 aromatic heterocycles. The van der Waals surface area contributed by atoms with Crippen molar-refractivity contribution in [3.8, 4) is 5.75 Å². The molecule has 1 aromatic carbocycles. The van der Waals surface area contributed by atoms with E-state index in [-0.39, 0.29) is 5.91 Å². The number of benzene rings is 1. The van der Waals surface area contributed by atoms with Crippen LogP contribution >= 0.6 is 0 Å². The SMILES string of the molecule is COc1cc(N2CCC3(CC2)CN(C(C)=O)C3)ccc1C(C)C. The molecule has 3 rings (SSSR count). The average Bonchev–Trinajstić information content (AvgIpc) is 2.51. The smallest absolute Gasteiger partial charge is 0.219 e. The summed E-state index contributed by atoms with van der Waals surface area (Å²) < 4.78 is 5.58. The third kappa shape index (κ3) is 3.04. The van der Waals surface area contributed by atoms with Gasteiger partial charge in [0.1, 0.15) is 5.75 Å². The Balaban J connectivity index is 1.65. The molecule has 2 saturated heterocycles. The number of nitrogens with zero attached hydrogens (tertiary/aromatic N) is 2. The second kappa shape index (κ2) is 6.06. The molecule has 0 N–H and O–H groups in total. The van der Waals surface area contributed by atoms with E-state index in [1.807, 2.05) is 4.90 Å². The molecule has 2 heterocycles. The van der Waals surface area contributed by atoms with E-state index in [1.165, 1.54) is 24.1 Å². The zero-order valence-electron chi connectivity index (χ0n) is 14.8. The van der Waals surface area contributed by atoms with Crippen LogP contribution in [0.25, 0.3) is 0 Å². The highest BCUT2D eigenvalue weighted by Crippen LogP contribution is 2.42. The topological polar surface area (TPSA) is 32.8 Å². The molecular formula is C19H28N2O2. The van der Waals surface area contributed by atoms with E-state index in [2.05, 4.69) is 36.9 Å². The number of carbonyl (C=O) groups is 1. The average molecular weight is 316 g/mol. The molecule has 2 aliphatic rings. The van der Waals surface area contributed by atoms with Crippen LogP contribution in [0.5, 0.6) is 5.75 Å². The van der Waals surface area contributed by atoms with Crippen LogP contribution < -0.4 is 9.64 Å². The number of anilines is 1. The van der Waals surface area contributed by atoms with Gasteiger partial charge >= 0.3 is 0 Å². The highest BCUT2D eigenvalue weighted by Gasteiger charge is 2.45. The number of likely N-dealkylation sites (tertiary alicyclic amines) is 1. The molecule has 126 valence electrons. The molecule has 4 nitrogen and oxygen atoms in total. The molecule has 2 aliphatic heterocycles. The lowest BCUT2D eigenvalue weighted by Crippen LogP contribution is -2.61. The molecule has 1 spiro atoms. The van der Waals surface area contributed by atoms with Crippen LogP contribution in [0.3, 0.4) is 0 Å². The summed E-state index contributed by atoms with van der Waals surface area (Å²) >= 11 is 0. The maximum Gasteiger partial charge on any atom is 0.219 e. The van der Waals surface area contributed by atoms with Gasteiger partial charge in [-0.3, -0.25) is 4.79 Å². The normalized spacial score (nSPS) is 19.9. The summed E-state index contributed by atoms with van der Waals surface area (Å²) in [5.41, 5.74) is 2.90. The summed E-state index contributed by atoms with van der Waals surface area (Å²) in [7, 11) is 1.75. The number of hydrogen-bond acceptors (Lipinski definition) is 3. The Kier molecular flexibility index (Phi) is 4.26. The Morgan fingerprint density at radius 2 is 1.87 bits per heavy atom. The Labute approximate surface area is 139 Å². The number of piperidine rings is 1. The van der Waals surface area contributed by atoms with E-state index in [0.29, 0.717) is 11.3 Å². The number of amides is 1. The summed E-state index contributed by atoms with van der Waals surface area (Å²) in [5, 5.41) is 0. The fourth-order valence-electron chi connectivity index (χ4n) is 3.92. The minimum Gasteiger partial charge on any atom is -0.496 e. The summed E-state index contributed by atoms with van der Waals surface area (Å²) in [6, 6.07) is 6.60. The molecule has 0 unspecified atom stereocenters. The lowest BCUT2D eigenvalue weighted by Gasteiger charge is -2.54.